The Kier molecular flexibility index (Phi) is 6.51. The number of nitrogens with zero attached hydrogens (tertiary/aromatic N) is 1. The molecule has 0 bridgehead atoms. The zero-order valence-electron chi connectivity index (χ0n) is 17.3. The van der Waals surface area contributed by atoms with Crippen molar-refractivity contribution >= 4 is 49.2 Å². The molecule has 164 valence electrons. The number of halogens is 2. The monoisotopic (exact) mass is 557 g/mol. The number of hydrogen-bond acceptors (Lipinski definition) is 4. The fraction of sp³-hybridized carbons (Fsp3) is 0.200. The number of anilines is 1. The van der Waals surface area contributed by atoms with Crippen LogP contribution in [0, 0.1) is 0 Å². The lowest BCUT2D eigenvalue weighted by Gasteiger charge is -2.23. The van der Waals surface area contributed by atoms with Gasteiger partial charge in [0.25, 0.3) is 5.91 Å². The van der Waals surface area contributed by atoms with E-state index in [1.807, 2.05) is 37.3 Å². The van der Waals surface area contributed by atoms with E-state index in [2.05, 4.69) is 31.9 Å². The van der Waals surface area contributed by atoms with Crippen LogP contribution in [0.2, 0.25) is 0 Å². The molecule has 1 unspecified atom stereocenters. The van der Waals surface area contributed by atoms with Gasteiger partial charge < -0.3 is 14.7 Å². The first-order valence-electron chi connectivity index (χ1n) is 10.2. The third kappa shape index (κ3) is 4.37. The van der Waals surface area contributed by atoms with Crippen molar-refractivity contribution in [1.29, 1.82) is 0 Å². The van der Waals surface area contributed by atoms with Crippen molar-refractivity contribution in [2.75, 3.05) is 11.5 Å². The minimum Gasteiger partial charge on any atom is -0.494 e. The SMILES string of the molecule is CCOc1ccc(C(=O)CC2(O)C(=O)N(Cc3ccc(Br)cc3)c3ccc(Br)cc32)cc1. The molecule has 3 aromatic carbocycles. The fourth-order valence-corrected chi connectivity index (χ4v) is 4.49. The van der Waals surface area contributed by atoms with Gasteiger partial charge >= 0.3 is 0 Å². The lowest BCUT2D eigenvalue weighted by molar-refractivity contribution is -0.136. The Morgan fingerprint density at radius 3 is 2.31 bits per heavy atom. The summed E-state index contributed by atoms with van der Waals surface area (Å²) in [5, 5.41) is 11.5. The third-order valence-corrected chi connectivity index (χ3v) is 6.47. The average Bonchev–Trinajstić information content (AvgIpc) is 2.97. The van der Waals surface area contributed by atoms with Crippen molar-refractivity contribution in [3.63, 3.8) is 0 Å². The van der Waals surface area contributed by atoms with Gasteiger partial charge in [-0.2, -0.15) is 0 Å². The molecule has 0 radical (unpaired) electrons. The van der Waals surface area contributed by atoms with Crippen LogP contribution in [-0.2, 0) is 16.9 Å². The molecule has 1 atom stereocenters. The van der Waals surface area contributed by atoms with E-state index in [9.17, 15) is 14.7 Å². The van der Waals surface area contributed by atoms with Crippen molar-refractivity contribution < 1.29 is 19.4 Å². The third-order valence-electron chi connectivity index (χ3n) is 5.45. The maximum absolute atomic E-state index is 13.5. The number of carbonyl (C=O) groups excluding carboxylic acids is 2. The van der Waals surface area contributed by atoms with E-state index in [0.717, 1.165) is 14.5 Å². The van der Waals surface area contributed by atoms with E-state index in [4.69, 9.17) is 4.74 Å². The van der Waals surface area contributed by atoms with E-state index in [-0.39, 0.29) is 12.2 Å². The molecule has 1 N–H and O–H groups in total. The van der Waals surface area contributed by atoms with Crippen molar-refractivity contribution in [2.24, 2.45) is 0 Å². The molecular weight excluding hydrogens is 538 g/mol. The fourth-order valence-electron chi connectivity index (χ4n) is 3.86. The van der Waals surface area contributed by atoms with Gasteiger partial charge in [-0.1, -0.05) is 44.0 Å². The molecule has 7 heteroatoms. The number of carbonyl (C=O) groups is 2. The van der Waals surface area contributed by atoms with Crippen molar-refractivity contribution in [1.82, 2.24) is 0 Å². The molecule has 0 saturated heterocycles. The van der Waals surface area contributed by atoms with Crippen LogP contribution >= 0.6 is 31.9 Å². The Balaban J connectivity index is 1.65. The molecule has 0 aromatic heterocycles. The zero-order chi connectivity index (χ0) is 22.9. The van der Waals surface area contributed by atoms with Crippen molar-refractivity contribution in [2.45, 2.75) is 25.5 Å². The van der Waals surface area contributed by atoms with Gasteiger partial charge in [0.1, 0.15) is 5.75 Å². The standard InChI is InChI=1S/C25H21Br2NO4/c1-2-32-20-10-5-17(6-11-20)23(29)14-25(31)21-13-19(27)9-12-22(21)28(24(25)30)15-16-3-7-18(26)8-4-16/h3-13,31H,2,14-15H2,1H3. The van der Waals surface area contributed by atoms with Crippen LogP contribution in [0.15, 0.2) is 75.7 Å². The molecule has 0 fully saturated rings. The highest BCUT2D eigenvalue weighted by Crippen LogP contribution is 2.44. The highest BCUT2D eigenvalue weighted by Gasteiger charge is 2.51. The van der Waals surface area contributed by atoms with Gasteiger partial charge in [0.2, 0.25) is 0 Å². The number of amides is 1. The van der Waals surface area contributed by atoms with Crippen LogP contribution in [0.5, 0.6) is 5.75 Å². The highest BCUT2D eigenvalue weighted by atomic mass is 79.9. The largest absolute Gasteiger partial charge is 0.494 e. The summed E-state index contributed by atoms with van der Waals surface area (Å²) in [4.78, 5) is 28.0. The van der Waals surface area contributed by atoms with E-state index < -0.39 is 11.5 Å². The minimum atomic E-state index is -1.94. The van der Waals surface area contributed by atoms with Crippen molar-refractivity contribution in [3.8, 4) is 5.75 Å². The van der Waals surface area contributed by atoms with Crippen LogP contribution in [-0.4, -0.2) is 23.4 Å². The Morgan fingerprint density at radius 1 is 1.00 bits per heavy atom. The molecule has 5 nitrogen and oxygen atoms in total. The van der Waals surface area contributed by atoms with Crippen LogP contribution < -0.4 is 9.64 Å². The average molecular weight is 559 g/mol. The maximum Gasteiger partial charge on any atom is 0.264 e. The normalized spacial score (nSPS) is 17.4. The molecule has 1 aliphatic heterocycles. The Labute approximate surface area is 203 Å². The van der Waals surface area contributed by atoms with Gasteiger partial charge in [0.15, 0.2) is 11.4 Å². The smallest absolute Gasteiger partial charge is 0.264 e. The number of hydrogen-bond donors (Lipinski definition) is 1. The molecular formula is C25H21Br2NO4. The van der Waals surface area contributed by atoms with Crippen LogP contribution in [0.3, 0.4) is 0 Å². The summed E-state index contributed by atoms with van der Waals surface area (Å²) in [6, 6.07) is 19.7. The van der Waals surface area contributed by atoms with E-state index in [0.29, 0.717) is 35.7 Å². The summed E-state index contributed by atoms with van der Waals surface area (Å²) >= 11 is 6.83. The predicted molar refractivity (Wildman–Crippen MR) is 130 cm³/mol. The number of Topliss-reactive ketones (excluding diaryl/α,β-unsaturated/α-hetero) is 1. The summed E-state index contributed by atoms with van der Waals surface area (Å²) in [5.41, 5.74) is 0.413. The number of aliphatic hydroxyl groups is 1. The van der Waals surface area contributed by atoms with Gasteiger partial charge in [-0.25, -0.2) is 0 Å². The van der Waals surface area contributed by atoms with E-state index in [1.54, 1.807) is 36.4 Å². The van der Waals surface area contributed by atoms with Gasteiger partial charge in [-0.3, -0.25) is 9.59 Å². The lowest BCUT2D eigenvalue weighted by Crippen LogP contribution is -2.41. The molecule has 0 spiro atoms. The second kappa shape index (κ2) is 9.17. The Morgan fingerprint density at radius 2 is 1.66 bits per heavy atom. The minimum absolute atomic E-state index is 0.292. The Bertz CT molecular complexity index is 1160. The molecule has 3 aromatic rings. The second-order valence-corrected chi connectivity index (χ2v) is 9.43. The van der Waals surface area contributed by atoms with E-state index in [1.165, 1.54) is 4.90 Å². The first-order valence-corrected chi connectivity index (χ1v) is 11.8. The van der Waals surface area contributed by atoms with Crippen LogP contribution in [0.4, 0.5) is 5.69 Å². The number of ether oxygens (including phenoxy) is 1. The number of fused-ring (bicyclic) bond motifs is 1. The number of ketones is 1. The van der Waals surface area contributed by atoms with E-state index >= 15 is 0 Å². The molecule has 1 amide bonds. The quantitative estimate of drug-likeness (QED) is 0.382. The van der Waals surface area contributed by atoms with Crippen LogP contribution in [0.25, 0.3) is 0 Å². The van der Waals surface area contributed by atoms with Gasteiger partial charge in [0.05, 0.1) is 25.3 Å². The summed E-state index contributed by atoms with van der Waals surface area (Å²) in [6.07, 6.45) is -0.347. The first kappa shape index (κ1) is 22.7. The van der Waals surface area contributed by atoms with Gasteiger partial charge in [-0.05, 0) is 67.1 Å². The highest BCUT2D eigenvalue weighted by molar-refractivity contribution is 9.10. The number of benzene rings is 3. The van der Waals surface area contributed by atoms with Gasteiger partial charge in [0, 0.05) is 20.1 Å². The van der Waals surface area contributed by atoms with Crippen LogP contribution in [0.1, 0.15) is 34.8 Å². The number of rotatable bonds is 7. The first-order chi connectivity index (χ1) is 15.3. The Hall–Kier alpha value is -2.48. The molecule has 4 rings (SSSR count). The maximum atomic E-state index is 13.5. The molecule has 1 aliphatic rings. The molecule has 0 aliphatic carbocycles. The lowest BCUT2D eigenvalue weighted by atomic mass is 9.88. The second-order valence-electron chi connectivity index (χ2n) is 7.60. The molecule has 1 heterocycles. The summed E-state index contributed by atoms with van der Waals surface area (Å²) < 4.78 is 7.08. The topological polar surface area (TPSA) is 66.8 Å². The molecule has 0 saturated carbocycles. The summed E-state index contributed by atoms with van der Waals surface area (Å²) in [7, 11) is 0. The molecule has 32 heavy (non-hydrogen) atoms. The summed E-state index contributed by atoms with van der Waals surface area (Å²) in [5.74, 6) is -0.164. The predicted octanol–water partition coefficient (Wildman–Crippen LogP) is 5.62. The van der Waals surface area contributed by atoms with Crippen molar-refractivity contribution in [3.05, 3.63) is 92.4 Å². The van der Waals surface area contributed by atoms with Gasteiger partial charge in [-0.15, -0.1) is 0 Å². The zero-order valence-corrected chi connectivity index (χ0v) is 20.5. The summed E-state index contributed by atoms with van der Waals surface area (Å²) in [6.45, 7) is 2.71.